The fourth-order valence-corrected chi connectivity index (χ4v) is 2.95. The van der Waals surface area contributed by atoms with Crippen molar-refractivity contribution in [1.29, 1.82) is 0 Å². The number of aromatic nitrogens is 2. The number of sulfone groups is 1. The predicted octanol–water partition coefficient (Wildman–Crippen LogP) is 1.81. The maximum atomic E-state index is 11.7. The average Bonchev–Trinajstić information content (AvgIpc) is 2.78. The lowest BCUT2D eigenvalue weighted by atomic mass is 10.1. The van der Waals surface area contributed by atoms with Gasteiger partial charge < -0.3 is 10.7 Å². The second kappa shape index (κ2) is 5.30. The van der Waals surface area contributed by atoms with Crippen LogP contribution in [0.25, 0.3) is 11.0 Å². The van der Waals surface area contributed by atoms with Crippen molar-refractivity contribution in [2.75, 3.05) is 12.8 Å². The van der Waals surface area contributed by atoms with E-state index in [2.05, 4.69) is 16.9 Å². The molecule has 1 aromatic heterocycles. The molecule has 0 aliphatic heterocycles. The molecular formula is C13H19N3O2S. The number of H-pyrrole nitrogens is 1. The van der Waals surface area contributed by atoms with Gasteiger partial charge >= 0.3 is 0 Å². The van der Waals surface area contributed by atoms with Crippen molar-refractivity contribution in [3.05, 3.63) is 24.0 Å². The molecule has 1 aromatic carbocycles. The summed E-state index contributed by atoms with van der Waals surface area (Å²) in [5, 5.41) is 0. The number of aromatic amines is 1. The van der Waals surface area contributed by atoms with Crippen LogP contribution in [0, 0.1) is 0 Å². The molecule has 1 unspecified atom stereocenters. The van der Waals surface area contributed by atoms with Gasteiger partial charge in [0.1, 0.15) is 11.3 Å². The van der Waals surface area contributed by atoms with E-state index in [0.717, 1.165) is 24.2 Å². The largest absolute Gasteiger partial charge is 0.342 e. The number of benzene rings is 1. The fourth-order valence-electron chi connectivity index (χ4n) is 2.12. The highest BCUT2D eigenvalue weighted by atomic mass is 32.2. The molecule has 3 N–H and O–H groups in total. The van der Waals surface area contributed by atoms with Gasteiger partial charge in [-0.2, -0.15) is 0 Å². The Morgan fingerprint density at radius 1 is 1.42 bits per heavy atom. The molecule has 0 aliphatic rings. The average molecular weight is 281 g/mol. The Kier molecular flexibility index (Phi) is 3.91. The molecule has 0 saturated heterocycles. The minimum Gasteiger partial charge on any atom is -0.342 e. The molecule has 6 heteroatoms. The van der Waals surface area contributed by atoms with Crippen molar-refractivity contribution in [2.24, 2.45) is 5.73 Å². The third-order valence-corrected chi connectivity index (χ3v) is 4.33. The Morgan fingerprint density at radius 3 is 2.79 bits per heavy atom. The molecule has 5 nitrogen and oxygen atoms in total. The van der Waals surface area contributed by atoms with Crippen LogP contribution >= 0.6 is 0 Å². The zero-order chi connectivity index (χ0) is 14.0. The van der Waals surface area contributed by atoms with Gasteiger partial charge in [0.25, 0.3) is 0 Å². The molecular weight excluding hydrogens is 262 g/mol. The first-order valence-corrected chi connectivity index (χ1v) is 8.21. The van der Waals surface area contributed by atoms with Gasteiger partial charge in [0.15, 0.2) is 9.84 Å². The normalized spacial score (nSPS) is 13.8. The van der Waals surface area contributed by atoms with Gasteiger partial charge in [-0.1, -0.05) is 13.0 Å². The second-order valence-corrected chi connectivity index (χ2v) is 6.86. The molecule has 0 radical (unpaired) electrons. The van der Waals surface area contributed by atoms with Crippen LogP contribution in [0.3, 0.4) is 0 Å². The summed E-state index contributed by atoms with van der Waals surface area (Å²) in [5.41, 5.74) is 6.79. The van der Waals surface area contributed by atoms with E-state index < -0.39 is 9.84 Å². The first kappa shape index (κ1) is 14.0. The minimum atomic E-state index is -3.26. The summed E-state index contributed by atoms with van der Waals surface area (Å²) in [6.07, 6.45) is 3.07. The van der Waals surface area contributed by atoms with E-state index in [4.69, 9.17) is 5.73 Å². The van der Waals surface area contributed by atoms with Gasteiger partial charge in [-0.3, -0.25) is 0 Å². The first-order chi connectivity index (χ1) is 8.93. The molecule has 0 aliphatic carbocycles. The maximum absolute atomic E-state index is 11.7. The molecule has 19 heavy (non-hydrogen) atoms. The highest BCUT2D eigenvalue weighted by molar-refractivity contribution is 7.91. The standard InChI is InChI=1S/C13H19N3O2S/c1-9(5-4-8-14)13-15-10-6-3-7-11(12(10)16-13)19(2,17)18/h3,6-7,9H,4-5,8,14H2,1-2H3,(H,15,16). The molecule has 1 heterocycles. The van der Waals surface area contributed by atoms with Crippen LogP contribution in [0.5, 0.6) is 0 Å². The summed E-state index contributed by atoms with van der Waals surface area (Å²) in [6, 6.07) is 5.16. The SMILES string of the molecule is CC(CCCN)c1nc2c(S(C)(=O)=O)cccc2[nH]1. The lowest BCUT2D eigenvalue weighted by Gasteiger charge is -2.06. The third kappa shape index (κ3) is 2.96. The van der Waals surface area contributed by atoms with E-state index in [1.54, 1.807) is 12.1 Å². The summed E-state index contributed by atoms with van der Waals surface area (Å²) < 4.78 is 23.5. The van der Waals surface area contributed by atoms with E-state index in [-0.39, 0.29) is 10.8 Å². The van der Waals surface area contributed by atoms with Gasteiger partial charge in [0, 0.05) is 12.2 Å². The lowest BCUT2D eigenvalue weighted by molar-refractivity contribution is 0.602. The number of hydrogen-bond donors (Lipinski definition) is 2. The van der Waals surface area contributed by atoms with Gasteiger partial charge in [0.05, 0.1) is 10.4 Å². The molecule has 1 atom stereocenters. The summed E-state index contributed by atoms with van der Waals surface area (Å²) in [5.74, 6) is 1.06. The van der Waals surface area contributed by atoms with Crippen LogP contribution in [-0.2, 0) is 9.84 Å². The van der Waals surface area contributed by atoms with Crippen LogP contribution in [0.4, 0.5) is 0 Å². The summed E-state index contributed by atoms with van der Waals surface area (Å²) in [4.78, 5) is 7.93. The van der Waals surface area contributed by atoms with Crippen LogP contribution < -0.4 is 5.73 Å². The van der Waals surface area contributed by atoms with E-state index in [1.165, 1.54) is 6.26 Å². The zero-order valence-electron chi connectivity index (χ0n) is 11.2. The highest BCUT2D eigenvalue weighted by Gasteiger charge is 2.17. The Bertz CT molecular complexity index is 676. The van der Waals surface area contributed by atoms with E-state index >= 15 is 0 Å². The lowest BCUT2D eigenvalue weighted by Crippen LogP contribution is -2.03. The van der Waals surface area contributed by atoms with Crippen molar-refractivity contribution < 1.29 is 8.42 Å². The molecule has 0 bridgehead atoms. The summed E-state index contributed by atoms with van der Waals surface area (Å²) in [7, 11) is -3.26. The van der Waals surface area contributed by atoms with Crippen LogP contribution in [0.1, 0.15) is 31.5 Å². The molecule has 104 valence electrons. The number of para-hydroxylation sites is 1. The Balaban J connectivity index is 2.46. The van der Waals surface area contributed by atoms with Gasteiger partial charge in [-0.15, -0.1) is 0 Å². The number of nitrogens with one attached hydrogen (secondary N) is 1. The second-order valence-electron chi connectivity index (χ2n) is 4.88. The number of nitrogens with zero attached hydrogens (tertiary/aromatic N) is 1. The zero-order valence-corrected chi connectivity index (χ0v) is 12.0. The Labute approximate surface area is 113 Å². The van der Waals surface area contributed by atoms with Crippen molar-refractivity contribution in [3.8, 4) is 0 Å². The number of hydrogen-bond acceptors (Lipinski definition) is 4. The quantitative estimate of drug-likeness (QED) is 0.874. The topological polar surface area (TPSA) is 88.8 Å². The maximum Gasteiger partial charge on any atom is 0.177 e. The number of imidazole rings is 1. The van der Waals surface area contributed by atoms with Crippen molar-refractivity contribution >= 4 is 20.9 Å². The smallest absolute Gasteiger partial charge is 0.177 e. The fraction of sp³-hybridized carbons (Fsp3) is 0.462. The third-order valence-electron chi connectivity index (χ3n) is 3.20. The van der Waals surface area contributed by atoms with Gasteiger partial charge in [-0.25, -0.2) is 13.4 Å². The van der Waals surface area contributed by atoms with Crippen molar-refractivity contribution in [1.82, 2.24) is 9.97 Å². The van der Waals surface area contributed by atoms with Crippen molar-refractivity contribution in [2.45, 2.75) is 30.6 Å². The van der Waals surface area contributed by atoms with Gasteiger partial charge in [-0.05, 0) is 31.5 Å². The molecule has 0 spiro atoms. The van der Waals surface area contributed by atoms with Crippen LogP contribution in [-0.4, -0.2) is 31.2 Å². The van der Waals surface area contributed by atoms with E-state index in [1.807, 2.05) is 6.07 Å². The van der Waals surface area contributed by atoms with Crippen LogP contribution in [0.15, 0.2) is 23.1 Å². The van der Waals surface area contributed by atoms with Crippen molar-refractivity contribution in [3.63, 3.8) is 0 Å². The number of rotatable bonds is 5. The van der Waals surface area contributed by atoms with Gasteiger partial charge in [0.2, 0.25) is 0 Å². The Hall–Kier alpha value is -1.40. The first-order valence-electron chi connectivity index (χ1n) is 6.32. The molecule has 0 amide bonds. The van der Waals surface area contributed by atoms with Crippen LogP contribution in [0.2, 0.25) is 0 Å². The highest BCUT2D eigenvalue weighted by Crippen LogP contribution is 2.25. The molecule has 2 rings (SSSR count). The van der Waals surface area contributed by atoms with E-state index in [9.17, 15) is 8.42 Å². The van der Waals surface area contributed by atoms with E-state index in [0.29, 0.717) is 12.1 Å². The monoisotopic (exact) mass is 281 g/mol. The Morgan fingerprint density at radius 2 is 2.16 bits per heavy atom. The molecule has 2 aromatic rings. The summed E-state index contributed by atoms with van der Waals surface area (Å²) >= 11 is 0. The summed E-state index contributed by atoms with van der Waals surface area (Å²) in [6.45, 7) is 2.71. The molecule has 0 saturated carbocycles. The molecule has 0 fully saturated rings. The number of fused-ring (bicyclic) bond motifs is 1. The minimum absolute atomic E-state index is 0.239. The number of nitrogens with two attached hydrogens (primary N) is 1. The predicted molar refractivity (Wildman–Crippen MR) is 75.9 cm³/mol.